The van der Waals surface area contributed by atoms with Crippen molar-refractivity contribution >= 4 is 0 Å². The van der Waals surface area contributed by atoms with E-state index in [-0.39, 0.29) is 0 Å². The Morgan fingerprint density at radius 1 is 0.783 bits per heavy atom. The third kappa shape index (κ3) is 4.58. The summed E-state index contributed by atoms with van der Waals surface area (Å²) in [5.74, 6) is 2.28. The zero-order valence-electron chi connectivity index (χ0n) is 13.1. The van der Waals surface area contributed by atoms with Crippen LogP contribution >= 0.6 is 0 Å². The van der Waals surface area contributed by atoms with Crippen LogP contribution < -0.4 is 20.1 Å². The average molecular weight is 310 g/mol. The van der Waals surface area contributed by atoms with Crippen LogP contribution in [0.25, 0.3) is 0 Å². The molecule has 0 atom stereocenters. The molecule has 0 spiro atoms. The van der Waals surface area contributed by atoms with Gasteiger partial charge in [0.1, 0.15) is 5.75 Å². The molecule has 23 heavy (non-hydrogen) atoms. The maximum atomic E-state index is 6.10. The third-order valence-electron chi connectivity index (χ3n) is 3.62. The quantitative estimate of drug-likeness (QED) is 0.782. The summed E-state index contributed by atoms with van der Waals surface area (Å²) in [7, 11) is 0. The molecule has 4 heteroatoms. The monoisotopic (exact) mass is 310 g/mol. The molecule has 1 heterocycles. The van der Waals surface area contributed by atoms with Crippen molar-refractivity contribution in [2.45, 2.75) is 13.0 Å². The van der Waals surface area contributed by atoms with Crippen LogP contribution in [0.4, 0.5) is 0 Å². The van der Waals surface area contributed by atoms with E-state index >= 15 is 0 Å². The van der Waals surface area contributed by atoms with E-state index in [4.69, 9.17) is 9.47 Å². The van der Waals surface area contributed by atoms with Crippen LogP contribution in [0.15, 0.2) is 60.9 Å². The average Bonchev–Trinajstić information content (AvgIpc) is 2.59. The summed E-state index contributed by atoms with van der Waals surface area (Å²) in [5.41, 5.74) is 1.14. The zero-order valence-corrected chi connectivity index (χ0v) is 13.1. The van der Waals surface area contributed by atoms with E-state index in [9.17, 15) is 0 Å². The minimum absolute atomic E-state index is 0.710. The first kappa shape index (κ1) is 15.6. The molecule has 0 radical (unpaired) electrons. The van der Waals surface area contributed by atoms with Crippen molar-refractivity contribution in [1.29, 1.82) is 0 Å². The van der Waals surface area contributed by atoms with Crippen molar-refractivity contribution < 1.29 is 9.47 Å². The molecule has 2 aromatic carbocycles. The van der Waals surface area contributed by atoms with E-state index in [0.717, 1.165) is 43.9 Å². The Labute approximate surface area is 137 Å². The topological polar surface area (TPSA) is 42.5 Å². The predicted molar refractivity (Wildman–Crippen MR) is 91.9 cm³/mol. The van der Waals surface area contributed by atoms with Crippen LogP contribution in [-0.4, -0.2) is 19.6 Å². The number of fused-ring (bicyclic) bond motifs is 2. The molecule has 2 N–H and O–H groups in total. The highest BCUT2D eigenvalue weighted by molar-refractivity contribution is 5.45. The Hall–Kier alpha value is -2.30. The number of benzene rings is 2. The summed E-state index contributed by atoms with van der Waals surface area (Å²) >= 11 is 0. The summed E-state index contributed by atoms with van der Waals surface area (Å²) < 4.78 is 11.8. The minimum atomic E-state index is 0.710. The fourth-order valence-corrected chi connectivity index (χ4v) is 2.42. The summed E-state index contributed by atoms with van der Waals surface area (Å²) in [5, 5.41) is 6.83. The first-order chi connectivity index (χ1) is 11.4. The van der Waals surface area contributed by atoms with Crippen LogP contribution in [0.5, 0.6) is 17.2 Å². The number of nitrogens with one attached hydrogen (secondary N) is 2. The van der Waals surface area contributed by atoms with Gasteiger partial charge < -0.3 is 20.1 Å². The van der Waals surface area contributed by atoms with Gasteiger partial charge in [-0.2, -0.15) is 0 Å². The van der Waals surface area contributed by atoms with Gasteiger partial charge in [-0.1, -0.05) is 30.3 Å². The largest absolute Gasteiger partial charge is 0.461 e. The highest BCUT2D eigenvalue weighted by Gasteiger charge is 2.08. The summed E-state index contributed by atoms with van der Waals surface area (Å²) in [6, 6.07) is 15.8. The van der Waals surface area contributed by atoms with Gasteiger partial charge >= 0.3 is 0 Å². The van der Waals surface area contributed by atoms with Crippen molar-refractivity contribution in [2.75, 3.05) is 19.6 Å². The van der Waals surface area contributed by atoms with E-state index in [1.165, 1.54) is 0 Å². The Bertz CT molecular complexity index is 655. The summed E-state index contributed by atoms with van der Waals surface area (Å²) in [6.45, 7) is 3.53. The maximum Gasteiger partial charge on any atom is 0.169 e. The fraction of sp³-hybridized carbons (Fsp3) is 0.263. The SMILES string of the molecule is C1=COc2ccccc2Oc2ccccc2CNCCCNC1. The van der Waals surface area contributed by atoms with Crippen molar-refractivity contribution in [3.8, 4) is 17.2 Å². The summed E-state index contributed by atoms with van der Waals surface area (Å²) in [6.07, 6.45) is 4.76. The van der Waals surface area contributed by atoms with Crippen molar-refractivity contribution in [3.05, 3.63) is 66.4 Å². The number of hydrogen-bond acceptors (Lipinski definition) is 4. The Balaban J connectivity index is 1.86. The molecule has 0 bridgehead atoms. The van der Waals surface area contributed by atoms with E-state index in [1.54, 1.807) is 6.26 Å². The second kappa shape index (κ2) is 8.36. The van der Waals surface area contributed by atoms with Gasteiger partial charge in [0.05, 0.1) is 6.26 Å². The van der Waals surface area contributed by atoms with Crippen LogP contribution in [0, 0.1) is 0 Å². The molecule has 1 aliphatic rings. The second-order valence-corrected chi connectivity index (χ2v) is 5.38. The van der Waals surface area contributed by atoms with Crippen molar-refractivity contribution in [3.63, 3.8) is 0 Å². The molecule has 0 fully saturated rings. The molecule has 1 aliphatic heterocycles. The van der Waals surface area contributed by atoms with Gasteiger partial charge in [0.15, 0.2) is 11.5 Å². The highest BCUT2D eigenvalue weighted by Crippen LogP contribution is 2.33. The zero-order chi connectivity index (χ0) is 15.7. The second-order valence-electron chi connectivity index (χ2n) is 5.38. The van der Waals surface area contributed by atoms with Crippen LogP contribution in [-0.2, 0) is 6.54 Å². The molecule has 0 saturated heterocycles. The highest BCUT2D eigenvalue weighted by atomic mass is 16.5. The first-order valence-electron chi connectivity index (χ1n) is 8.01. The number of rotatable bonds is 0. The smallest absolute Gasteiger partial charge is 0.169 e. The van der Waals surface area contributed by atoms with E-state index in [1.807, 2.05) is 48.5 Å². The molecule has 0 amide bonds. The molecule has 0 aromatic heterocycles. The van der Waals surface area contributed by atoms with E-state index in [2.05, 4.69) is 16.7 Å². The molecular weight excluding hydrogens is 288 g/mol. The number of ether oxygens (including phenoxy) is 2. The maximum absolute atomic E-state index is 6.10. The molecule has 120 valence electrons. The Kier molecular flexibility index (Phi) is 5.67. The molecule has 4 nitrogen and oxygen atoms in total. The van der Waals surface area contributed by atoms with E-state index < -0.39 is 0 Å². The predicted octanol–water partition coefficient (Wildman–Crippen LogP) is 3.45. The minimum Gasteiger partial charge on any atom is -0.461 e. The van der Waals surface area contributed by atoms with Gasteiger partial charge in [-0.25, -0.2) is 0 Å². The van der Waals surface area contributed by atoms with Crippen LogP contribution in [0.3, 0.4) is 0 Å². The van der Waals surface area contributed by atoms with Gasteiger partial charge in [-0.05, 0) is 43.8 Å². The van der Waals surface area contributed by atoms with Gasteiger partial charge in [0.25, 0.3) is 0 Å². The number of para-hydroxylation sites is 3. The van der Waals surface area contributed by atoms with Gasteiger partial charge in [-0.15, -0.1) is 0 Å². The lowest BCUT2D eigenvalue weighted by Gasteiger charge is -2.14. The molecule has 2 aromatic rings. The summed E-state index contributed by atoms with van der Waals surface area (Å²) in [4.78, 5) is 0. The molecule has 0 unspecified atom stereocenters. The third-order valence-corrected chi connectivity index (χ3v) is 3.62. The lowest BCUT2D eigenvalue weighted by Crippen LogP contribution is -2.22. The Morgan fingerprint density at radius 2 is 1.52 bits per heavy atom. The van der Waals surface area contributed by atoms with Gasteiger partial charge in [0.2, 0.25) is 0 Å². The van der Waals surface area contributed by atoms with Crippen molar-refractivity contribution in [1.82, 2.24) is 10.6 Å². The molecule has 0 saturated carbocycles. The van der Waals surface area contributed by atoms with Gasteiger partial charge in [-0.3, -0.25) is 0 Å². The van der Waals surface area contributed by atoms with Crippen LogP contribution in [0.1, 0.15) is 12.0 Å². The van der Waals surface area contributed by atoms with E-state index in [0.29, 0.717) is 11.5 Å². The van der Waals surface area contributed by atoms with Gasteiger partial charge in [0, 0.05) is 18.7 Å². The Morgan fingerprint density at radius 3 is 2.43 bits per heavy atom. The first-order valence-corrected chi connectivity index (χ1v) is 8.01. The molecule has 3 rings (SSSR count). The lowest BCUT2D eigenvalue weighted by atomic mass is 10.2. The lowest BCUT2D eigenvalue weighted by molar-refractivity contribution is 0.413. The van der Waals surface area contributed by atoms with Crippen LogP contribution in [0.2, 0.25) is 0 Å². The standard InChI is InChI=1S/C19H22N2O2/c1-2-8-17-16(7-1)15-21-12-5-11-20-13-6-14-22-18-9-3-4-10-19(18)23-17/h1-4,6-10,14,20-21H,5,11-13,15H2. The van der Waals surface area contributed by atoms with Crippen molar-refractivity contribution in [2.24, 2.45) is 0 Å². The normalized spacial score (nSPS) is 16.0. The molecule has 0 aliphatic carbocycles. The number of hydrogen-bond donors (Lipinski definition) is 2. The fourth-order valence-electron chi connectivity index (χ4n) is 2.42. The molecular formula is C19H22N2O2.